The van der Waals surface area contributed by atoms with Crippen molar-refractivity contribution in [2.24, 2.45) is 0 Å². The van der Waals surface area contributed by atoms with Crippen molar-refractivity contribution in [2.75, 3.05) is 13.2 Å². The molecule has 10 heteroatoms. The molecule has 0 spiro atoms. The van der Waals surface area contributed by atoms with Crippen molar-refractivity contribution in [3.63, 3.8) is 0 Å². The van der Waals surface area contributed by atoms with E-state index in [2.05, 4.69) is 4.72 Å². The van der Waals surface area contributed by atoms with Gasteiger partial charge in [0.2, 0.25) is 15.9 Å². The Morgan fingerprint density at radius 1 is 1.00 bits per heavy atom. The van der Waals surface area contributed by atoms with Crippen molar-refractivity contribution in [3.8, 4) is 0 Å². The zero-order valence-electron chi connectivity index (χ0n) is 21.0. The number of fused-ring (bicyclic) bond motifs is 1. The number of rotatable bonds is 10. The molecule has 9 nitrogen and oxygen atoms in total. The van der Waals surface area contributed by atoms with Gasteiger partial charge in [0.25, 0.3) is 0 Å². The smallest absolute Gasteiger partial charge is 0.325 e. The Bertz CT molecular complexity index is 1170. The van der Waals surface area contributed by atoms with E-state index in [9.17, 15) is 22.8 Å². The fraction of sp³-hybridized carbons (Fsp3) is 0.480. The van der Waals surface area contributed by atoms with Crippen molar-refractivity contribution < 1.29 is 32.3 Å². The van der Waals surface area contributed by atoms with Gasteiger partial charge in [0.15, 0.2) is 0 Å². The van der Waals surface area contributed by atoms with E-state index in [0.717, 1.165) is 5.39 Å². The van der Waals surface area contributed by atoms with Gasteiger partial charge < -0.3 is 14.4 Å². The molecule has 2 aromatic carbocycles. The summed E-state index contributed by atoms with van der Waals surface area (Å²) < 4.78 is 39.1. The average molecular weight is 507 g/mol. The van der Waals surface area contributed by atoms with E-state index < -0.39 is 52.0 Å². The molecule has 0 aliphatic carbocycles. The third kappa shape index (κ3) is 8.32. The molecule has 0 aliphatic rings. The topological polar surface area (TPSA) is 119 Å². The number of hydrogen-bond acceptors (Lipinski definition) is 7. The van der Waals surface area contributed by atoms with Gasteiger partial charge in [0.05, 0.1) is 17.9 Å². The Kier molecular flexibility index (Phi) is 9.39. The van der Waals surface area contributed by atoms with Crippen LogP contribution in [0.5, 0.6) is 0 Å². The second-order valence-corrected chi connectivity index (χ2v) is 11.1. The molecule has 0 saturated carbocycles. The Morgan fingerprint density at radius 3 is 2.20 bits per heavy atom. The van der Waals surface area contributed by atoms with E-state index in [1.165, 1.54) is 17.0 Å². The second-order valence-electron chi connectivity index (χ2n) is 9.34. The highest BCUT2D eigenvalue weighted by atomic mass is 32.2. The highest BCUT2D eigenvalue weighted by Gasteiger charge is 2.34. The molecule has 0 radical (unpaired) electrons. The first-order chi connectivity index (χ1) is 16.2. The molecular formula is C25H34N2O7S. The van der Waals surface area contributed by atoms with Gasteiger partial charge in [-0.2, -0.15) is 4.72 Å². The number of sulfonamides is 1. The second kappa shape index (κ2) is 11.6. The number of nitrogens with zero attached hydrogens (tertiary/aromatic N) is 1. The molecule has 0 unspecified atom stereocenters. The minimum atomic E-state index is -4.20. The summed E-state index contributed by atoms with van der Waals surface area (Å²) in [5, 5.41) is 1.56. The maximum atomic E-state index is 13.4. The van der Waals surface area contributed by atoms with Crippen LogP contribution >= 0.6 is 0 Å². The summed E-state index contributed by atoms with van der Waals surface area (Å²) in [5.41, 5.74) is -0.829. The van der Waals surface area contributed by atoms with Crippen molar-refractivity contribution in [1.29, 1.82) is 0 Å². The molecule has 1 N–H and O–H groups in total. The number of hydrogen-bond donors (Lipinski definition) is 1. The van der Waals surface area contributed by atoms with Gasteiger partial charge >= 0.3 is 11.9 Å². The van der Waals surface area contributed by atoms with Crippen LogP contribution in [0.25, 0.3) is 10.8 Å². The summed E-state index contributed by atoms with van der Waals surface area (Å²) in [6.07, 6.45) is -0.547. The zero-order chi connectivity index (χ0) is 26.4. The summed E-state index contributed by atoms with van der Waals surface area (Å²) in [6.45, 7) is 9.76. The van der Waals surface area contributed by atoms with Gasteiger partial charge in [0.1, 0.15) is 18.2 Å². The van der Waals surface area contributed by atoms with Crippen LogP contribution in [0, 0.1) is 0 Å². The predicted octanol–water partition coefficient (Wildman–Crippen LogP) is 3.02. The van der Waals surface area contributed by atoms with Crippen molar-refractivity contribution in [1.82, 2.24) is 9.62 Å². The van der Waals surface area contributed by atoms with Crippen LogP contribution in [0.4, 0.5) is 0 Å². The zero-order valence-corrected chi connectivity index (χ0v) is 21.8. The molecule has 0 fully saturated rings. The summed E-state index contributed by atoms with van der Waals surface area (Å²) in [6, 6.07) is 9.89. The van der Waals surface area contributed by atoms with Crippen LogP contribution in [0.3, 0.4) is 0 Å². The van der Waals surface area contributed by atoms with E-state index in [-0.39, 0.29) is 18.0 Å². The molecule has 0 aliphatic heterocycles. The summed E-state index contributed by atoms with van der Waals surface area (Å²) in [4.78, 5) is 39.2. The van der Waals surface area contributed by atoms with E-state index in [4.69, 9.17) is 9.47 Å². The van der Waals surface area contributed by atoms with Crippen LogP contribution in [-0.4, -0.2) is 62.0 Å². The molecule has 1 atom stereocenters. The predicted molar refractivity (Wildman–Crippen MR) is 132 cm³/mol. The molecule has 1 amide bonds. The van der Waals surface area contributed by atoms with Crippen LogP contribution in [0.2, 0.25) is 0 Å². The summed E-state index contributed by atoms with van der Waals surface area (Å²) in [7, 11) is -4.20. The lowest BCUT2D eigenvalue weighted by atomic mass is 10.1. The molecule has 0 bridgehead atoms. The maximum Gasteiger partial charge on any atom is 0.325 e. The van der Waals surface area contributed by atoms with Gasteiger partial charge in [-0.15, -0.1) is 0 Å². The molecule has 0 aromatic heterocycles. The number of ether oxygens (including phenoxy) is 2. The first-order valence-corrected chi connectivity index (χ1v) is 12.9. The molecule has 0 saturated heterocycles. The number of carbonyl (C=O) groups excluding carboxylic acids is 3. The number of carbonyl (C=O) groups is 3. The third-order valence-electron chi connectivity index (χ3n) is 4.93. The molecule has 192 valence electrons. The van der Waals surface area contributed by atoms with E-state index in [1.54, 1.807) is 59.7 Å². The van der Waals surface area contributed by atoms with Gasteiger partial charge in [0, 0.05) is 6.04 Å². The Labute approximate surface area is 206 Å². The summed E-state index contributed by atoms with van der Waals surface area (Å²) in [5.74, 6) is -2.12. The maximum absolute atomic E-state index is 13.4. The molecule has 2 aromatic rings. The fourth-order valence-corrected chi connectivity index (χ4v) is 4.60. The van der Waals surface area contributed by atoms with Gasteiger partial charge in [-0.05, 0) is 64.4 Å². The van der Waals surface area contributed by atoms with E-state index in [0.29, 0.717) is 5.39 Å². The van der Waals surface area contributed by atoms with Crippen LogP contribution in [0.15, 0.2) is 47.4 Å². The highest BCUT2D eigenvalue weighted by Crippen LogP contribution is 2.20. The number of esters is 2. The van der Waals surface area contributed by atoms with Crippen molar-refractivity contribution in [2.45, 2.75) is 70.5 Å². The minimum Gasteiger partial charge on any atom is -0.465 e. The quantitative estimate of drug-likeness (QED) is 0.492. The Morgan fingerprint density at radius 2 is 1.63 bits per heavy atom. The monoisotopic (exact) mass is 506 g/mol. The van der Waals surface area contributed by atoms with E-state index in [1.807, 2.05) is 12.1 Å². The normalized spacial score (nSPS) is 12.9. The lowest BCUT2D eigenvalue weighted by Gasteiger charge is -2.30. The lowest BCUT2D eigenvalue weighted by molar-refractivity contribution is -0.157. The van der Waals surface area contributed by atoms with Crippen LogP contribution in [0.1, 0.15) is 48.0 Å². The summed E-state index contributed by atoms with van der Waals surface area (Å²) >= 11 is 0. The Balaban J connectivity index is 2.40. The van der Waals surface area contributed by atoms with Crippen molar-refractivity contribution >= 4 is 38.6 Å². The van der Waals surface area contributed by atoms with Gasteiger partial charge in [-0.25, -0.2) is 8.42 Å². The lowest BCUT2D eigenvalue weighted by Crippen LogP contribution is -2.53. The fourth-order valence-electron chi connectivity index (χ4n) is 3.38. The Hall–Kier alpha value is -2.98. The number of nitrogens with one attached hydrogen (secondary N) is 1. The van der Waals surface area contributed by atoms with Crippen molar-refractivity contribution in [3.05, 3.63) is 42.5 Å². The number of benzene rings is 2. The minimum absolute atomic E-state index is 0.0559. The largest absolute Gasteiger partial charge is 0.465 e. The SMILES string of the molecule is CCOC(=O)CN(C(=O)[C@H](CC(=O)OC(C)(C)C)NS(=O)(=O)c1ccc2ccccc2c1)C(C)C. The molecule has 0 heterocycles. The first kappa shape index (κ1) is 28.3. The molecule has 35 heavy (non-hydrogen) atoms. The first-order valence-electron chi connectivity index (χ1n) is 11.4. The standard InChI is InChI=1S/C25H34N2O7S/c1-7-33-23(29)16-27(17(2)3)24(30)21(15-22(28)34-25(4,5)6)26-35(31,32)20-13-12-18-10-8-9-11-19(18)14-20/h8-14,17,21,26H,7,15-16H2,1-6H3/t21-/m0/s1. The van der Waals surface area contributed by atoms with Crippen LogP contribution < -0.4 is 4.72 Å². The highest BCUT2D eigenvalue weighted by molar-refractivity contribution is 7.89. The molecule has 2 rings (SSSR count). The van der Waals surface area contributed by atoms with E-state index >= 15 is 0 Å². The molecular weight excluding hydrogens is 472 g/mol. The van der Waals surface area contributed by atoms with Gasteiger partial charge in [-0.3, -0.25) is 14.4 Å². The average Bonchev–Trinajstić information content (AvgIpc) is 2.74. The van der Waals surface area contributed by atoms with Crippen LogP contribution in [-0.2, 0) is 33.9 Å². The van der Waals surface area contributed by atoms with Gasteiger partial charge in [-0.1, -0.05) is 30.3 Å². The third-order valence-corrected chi connectivity index (χ3v) is 6.40. The number of amides is 1.